The van der Waals surface area contributed by atoms with Gasteiger partial charge in [-0.05, 0) is 75.2 Å². The maximum atomic E-state index is 6.21. The van der Waals surface area contributed by atoms with E-state index in [4.69, 9.17) is 21.2 Å². The van der Waals surface area contributed by atoms with Gasteiger partial charge in [-0.15, -0.1) is 0 Å². The predicted octanol–water partition coefficient (Wildman–Crippen LogP) is 3.31. The predicted molar refractivity (Wildman–Crippen MR) is 119 cm³/mol. The fourth-order valence-corrected chi connectivity index (χ4v) is 3.93. The average Bonchev–Trinajstić information content (AvgIpc) is 2.69. The van der Waals surface area contributed by atoms with Crippen molar-refractivity contribution >= 4 is 11.6 Å². The van der Waals surface area contributed by atoms with Crippen molar-refractivity contribution in [2.24, 2.45) is 0 Å². The Morgan fingerprint density at radius 3 is 2.70 bits per heavy atom. The topological polar surface area (TPSA) is 103 Å². The van der Waals surface area contributed by atoms with Gasteiger partial charge in [0.05, 0.1) is 11.9 Å². The van der Waals surface area contributed by atoms with Gasteiger partial charge >= 0.3 is 0 Å². The minimum absolute atomic E-state index is 0.253. The molecule has 0 saturated heterocycles. The van der Waals surface area contributed by atoms with Crippen molar-refractivity contribution in [3.8, 4) is 17.1 Å². The quantitative estimate of drug-likeness (QED) is 0.687. The summed E-state index contributed by atoms with van der Waals surface area (Å²) in [6.07, 6.45) is 4.43. The van der Waals surface area contributed by atoms with Gasteiger partial charge in [0, 0.05) is 30.4 Å². The molecule has 156 valence electrons. The van der Waals surface area contributed by atoms with Gasteiger partial charge in [-0.2, -0.15) is 0 Å². The first-order valence-corrected chi connectivity index (χ1v) is 10.1. The van der Waals surface area contributed by atoms with Crippen LogP contribution in [-0.4, -0.2) is 33.4 Å². The van der Waals surface area contributed by atoms with Gasteiger partial charge in [0.25, 0.3) is 5.88 Å². The Kier molecular flexibility index (Phi) is 5.07. The Hall–Kier alpha value is -3.19. The van der Waals surface area contributed by atoms with Crippen LogP contribution in [-0.2, 0) is 18.6 Å². The molecule has 7 nitrogen and oxygen atoms in total. The van der Waals surface area contributed by atoms with E-state index in [9.17, 15) is 0 Å². The summed E-state index contributed by atoms with van der Waals surface area (Å²) in [5, 5.41) is 0. The number of aryl methyl sites for hydroxylation is 1. The maximum Gasteiger partial charge on any atom is 0.258 e. The molecule has 1 aromatic carbocycles. The number of benzene rings is 1. The zero-order valence-electron chi connectivity index (χ0n) is 17.9. The molecule has 4 N–H and O–H groups in total. The summed E-state index contributed by atoms with van der Waals surface area (Å²) in [5.41, 5.74) is 17.9. The van der Waals surface area contributed by atoms with Crippen molar-refractivity contribution in [1.82, 2.24) is 19.9 Å². The van der Waals surface area contributed by atoms with E-state index in [1.54, 1.807) is 18.5 Å². The lowest BCUT2D eigenvalue weighted by Gasteiger charge is -2.28. The van der Waals surface area contributed by atoms with Crippen LogP contribution in [0.15, 0.2) is 36.7 Å². The molecule has 30 heavy (non-hydrogen) atoms. The van der Waals surface area contributed by atoms with Crippen molar-refractivity contribution in [3.63, 3.8) is 0 Å². The summed E-state index contributed by atoms with van der Waals surface area (Å²) in [6, 6.07) is 8.03. The van der Waals surface area contributed by atoms with Crippen LogP contribution in [0.2, 0.25) is 0 Å². The second-order valence-electron chi connectivity index (χ2n) is 8.45. The molecular formula is C23H28N6O. The summed E-state index contributed by atoms with van der Waals surface area (Å²) in [4.78, 5) is 15.4. The molecular weight excluding hydrogens is 376 g/mol. The SMILES string of the molecule is Cc1cc(-c2cnc(N)c(OC(C)(C)c3ccnc(N)c3)n2)cc2c1CCN(C)C2. The van der Waals surface area contributed by atoms with Crippen molar-refractivity contribution < 1.29 is 4.74 Å². The molecule has 3 aromatic rings. The van der Waals surface area contributed by atoms with E-state index in [0.717, 1.165) is 36.3 Å². The molecule has 3 heterocycles. The van der Waals surface area contributed by atoms with Gasteiger partial charge in [-0.3, -0.25) is 0 Å². The van der Waals surface area contributed by atoms with Crippen LogP contribution in [0.1, 0.15) is 36.1 Å². The number of aromatic nitrogens is 3. The van der Waals surface area contributed by atoms with E-state index in [0.29, 0.717) is 11.7 Å². The molecule has 0 spiro atoms. The standard InChI is InChI=1S/C23H28N6O/c1-14-9-15(10-16-13-29(4)8-6-18(14)16)19-12-27-21(25)22(28-19)30-23(2,3)17-5-7-26-20(24)11-17/h5,7,9-12H,6,8,13H2,1-4H3,(H2,24,26)(H2,25,27). The smallest absolute Gasteiger partial charge is 0.258 e. The number of ether oxygens (including phenoxy) is 1. The molecule has 4 rings (SSSR count). The summed E-state index contributed by atoms with van der Waals surface area (Å²) in [7, 11) is 2.15. The van der Waals surface area contributed by atoms with Crippen molar-refractivity contribution in [1.29, 1.82) is 0 Å². The Labute approximate surface area is 177 Å². The molecule has 0 amide bonds. The minimum Gasteiger partial charge on any atom is -0.464 e. The number of hydrogen-bond acceptors (Lipinski definition) is 7. The third-order valence-corrected chi connectivity index (χ3v) is 5.64. The lowest BCUT2D eigenvalue weighted by molar-refractivity contribution is 0.103. The second-order valence-corrected chi connectivity index (χ2v) is 8.45. The third-order valence-electron chi connectivity index (χ3n) is 5.64. The lowest BCUT2D eigenvalue weighted by Crippen LogP contribution is -2.27. The fourth-order valence-electron chi connectivity index (χ4n) is 3.93. The van der Waals surface area contributed by atoms with E-state index in [1.165, 1.54) is 16.7 Å². The van der Waals surface area contributed by atoms with Crippen molar-refractivity contribution in [2.75, 3.05) is 25.1 Å². The molecule has 0 saturated carbocycles. The fraction of sp³-hybridized carbons (Fsp3) is 0.348. The van der Waals surface area contributed by atoms with Gasteiger partial charge < -0.3 is 21.1 Å². The second kappa shape index (κ2) is 7.57. The monoisotopic (exact) mass is 404 g/mol. The summed E-state index contributed by atoms with van der Waals surface area (Å²) in [6.45, 7) is 8.06. The summed E-state index contributed by atoms with van der Waals surface area (Å²) in [5.74, 6) is 0.995. The Morgan fingerprint density at radius 1 is 1.13 bits per heavy atom. The van der Waals surface area contributed by atoms with E-state index >= 15 is 0 Å². The van der Waals surface area contributed by atoms with Crippen molar-refractivity contribution in [2.45, 2.75) is 39.3 Å². The number of rotatable bonds is 4. The van der Waals surface area contributed by atoms with E-state index < -0.39 is 5.60 Å². The first kappa shape index (κ1) is 20.1. The number of anilines is 2. The zero-order valence-corrected chi connectivity index (χ0v) is 17.9. The number of fused-ring (bicyclic) bond motifs is 1. The number of nitrogens with two attached hydrogens (primary N) is 2. The number of nitrogens with zero attached hydrogens (tertiary/aromatic N) is 4. The Bertz CT molecular complexity index is 1100. The van der Waals surface area contributed by atoms with Crippen LogP contribution in [0.5, 0.6) is 5.88 Å². The highest BCUT2D eigenvalue weighted by Gasteiger charge is 2.26. The maximum absolute atomic E-state index is 6.21. The number of nitrogen functional groups attached to an aromatic ring is 2. The number of pyridine rings is 1. The Morgan fingerprint density at radius 2 is 1.93 bits per heavy atom. The van der Waals surface area contributed by atoms with Crippen LogP contribution >= 0.6 is 0 Å². The average molecular weight is 405 g/mol. The van der Waals surface area contributed by atoms with Gasteiger partial charge in [0.15, 0.2) is 5.82 Å². The van der Waals surface area contributed by atoms with Crippen LogP contribution < -0.4 is 16.2 Å². The molecule has 0 unspecified atom stereocenters. The highest BCUT2D eigenvalue weighted by molar-refractivity contribution is 5.64. The van der Waals surface area contributed by atoms with E-state index in [2.05, 4.69) is 41.0 Å². The van der Waals surface area contributed by atoms with Gasteiger partial charge in [0.2, 0.25) is 0 Å². The van der Waals surface area contributed by atoms with E-state index in [-0.39, 0.29) is 5.82 Å². The van der Waals surface area contributed by atoms with Crippen LogP contribution in [0.25, 0.3) is 11.3 Å². The molecule has 1 aliphatic rings. The Balaban J connectivity index is 1.69. The normalized spacial score (nSPS) is 14.4. The van der Waals surface area contributed by atoms with Crippen LogP contribution in [0.4, 0.5) is 11.6 Å². The van der Waals surface area contributed by atoms with Gasteiger partial charge in [-0.1, -0.05) is 0 Å². The molecule has 1 aliphatic heterocycles. The third kappa shape index (κ3) is 3.93. The highest BCUT2D eigenvalue weighted by atomic mass is 16.5. The van der Waals surface area contributed by atoms with Crippen molar-refractivity contribution in [3.05, 3.63) is 58.9 Å². The van der Waals surface area contributed by atoms with E-state index in [1.807, 2.05) is 19.9 Å². The first-order valence-electron chi connectivity index (χ1n) is 10.1. The van der Waals surface area contributed by atoms with Crippen LogP contribution in [0.3, 0.4) is 0 Å². The minimum atomic E-state index is -0.701. The lowest BCUT2D eigenvalue weighted by atomic mass is 9.92. The zero-order chi connectivity index (χ0) is 21.5. The summed E-state index contributed by atoms with van der Waals surface area (Å²) < 4.78 is 6.21. The van der Waals surface area contributed by atoms with Gasteiger partial charge in [0.1, 0.15) is 11.4 Å². The molecule has 0 radical (unpaired) electrons. The molecule has 0 atom stereocenters. The molecule has 0 bridgehead atoms. The number of hydrogen-bond donors (Lipinski definition) is 2. The largest absolute Gasteiger partial charge is 0.464 e. The molecule has 7 heteroatoms. The number of likely N-dealkylation sites (N-methyl/N-ethyl adjacent to an activating group) is 1. The molecule has 2 aromatic heterocycles. The van der Waals surface area contributed by atoms with Crippen LogP contribution in [0, 0.1) is 6.92 Å². The first-order chi connectivity index (χ1) is 14.2. The molecule has 0 aliphatic carbocycles. The summed E-state index contributed by atoms with van der Waals surface area (Å²) >= 11 is 0. The van der Waals surface area contributed by atoms with Gasteiger partial charge in [-0.25, -0.2) is 15.0 Å². The highest BCUT2D eigenvalue weighted by Crippen LogP contribution is 2.33. The molecule has 0 fully saturated rings.